The van der Waals surface area contributed by atoms with Gasteiger partial charge in [-0.15, -0.1) is 0 Å². The van der Waals surface area contributed by atoms with Crippen LogP contribution in [-0.4, -0.2) is 16.2 Å². The Kier molecular flexibility index (Phi) is 8.80. The van der Waals surface area contributed by atoms with Crippen LogP contribution in [0.5, 0.6) is 5.75 Å². The van der Waals surface area contributed by atoms with Gasteiger partial charge in [-0.3, -0.25) is 4.79 Å². The van der Waals surface area contributed by atoms with E-state index in [1.165, 1.54) is 5.56 Å². The zero-order valence-electron chi connectivity index (χ0n) is 20.3. The summed E-state index contributed by atoms with van der Waals surface area (Å²) in [5, 5.41) is 21.0. The lowest BCUT2D eigenvalue weighted by Gasteiger charge is -2.36. The van der Waals surface area contributed by atoms with Gasteiger partial charge in [0, 0.05) is 17.5 Å². The third-order valence-electron chi connectivity index (χ3n) is 5.94. The van der Waals surface area contributed by atoms with Crippen molar-refractivity contribution in [1.29, 1.82) is 0 Å². The first-order valence-electron chi connectivity index (χ1n) is 11.4. The van der Waals surface area contributed by atoms with E-state index in [1.54, 1.807) is 0 Å². The molecule has 3 nitrogen and oxygen atoms in total. The first-order valence-corrected chi connectivity index (χ1v) is 11.4. The monoisotopic (exact) mass is 404 g/mol. The second-order valence-corrected chi connectivity index (χ2v) is 10.6. The number of benzene rings is 1. The molecule has 0 aromatic heterocycles. The minimum Gasteiger partial charge on any atom is -0.507 e. The SMILES string of the molecule is CCCCC(CCC)c1c(CCC(=O)O)c(C)c(C(C)(C)C)c(O)c1C(C)(C)C. The second kappa shape index (κ2) is 10.00. The van der Waals surface area contributed by atoms with Crippen molar-refractivity contribution in [1.82, 2.24) is 0 Å². The van der Waals surface area contributed by atoms with Crippen LogP contribution in [0.3, 0.4) is 0 Å². The minimum atomic E-state index is -0.765. The van der Waals surface area contributed by atoms with Gasteiger partial charge < -0.3 is 10.2 Å². The van der Waals surface area contributed by atoms with Crippen LogP contribution in [0.25, 0.3) is 0 Å². The van der Waals surface area contributed by atoms with Gasteiger partial charge in [0.2, 0.25) is 0 Å². The Morgan fingerprint density at radius 3 is 1.90 bits per heavy atom. The number of carboxylic acids is 1. The highest BCUT2D eigenvalue weighted by molar-refractivity contribution is 5.68. The summed E-state index contributed by atoms with van der Waals surface area (Å²) in [6.07, 6.45) is 6.16. The van der Waals surface area contributed by atoms with Gasteiger partial charge >= 0.3 is 5.97 Å². The molecule has 0 aliphatic carbocycles. The largest absolute Gasteiger partial charge is 0.507 e. The maximum Gasteiger partial charge on any atom is 0.303 e. The van der Waals surface area contributed by atoms with Crippen molar-refractivity contribution < 1.29 is 15.0 Å². The van der Waals surface area contributed by atoms with Gasteiger partial charge in [-0.05, 0) is 59.6 Å². The first-order chi connectivity index (χ1) is 13.3. The molecule has 0 amide bonds. The molecule has 0 spiro atoms. The zero-order valence-corrected chi connectivity index (χ0v) is 20.3. The summed E-state index contributed by atoms with van der Waals surface area (Å²) in [6.45, 7) is 19.4. The molecule has 0 aliphatic rings. The number of aliphatic carboxylic acids is 1. The molecule has 0 aliphatic heterocycles. The predicted octanol–water partition coefficient (Wildman–Crippen LogP) is 7.39. The molecular weight excluding hydrogens is 360 g/mol. The van der Waals surface area contributed by atoms with Crippen LogP contribution < -0.4 is 0 Å². The van der Waals surface area contributed by atoms with E-state index in [0.717, 1.165) is 54.4 Å². The number of hydrogen-bond donors (Lipinski definition) is 2. The van der Waals surface area contributed by atoms with Crippen molar-refractivity contribution in [3.63, 3.8) is 0 Å². The van der Waals surface area contributed by atoms with Crippen LogP contribution in [0.2, 0.25) is 0 Å². The molecule has 3 heteroatoms. The van der Waals surface area contributed by atoms with E-state index in [9.17, 15) is 15.0 Å². The van der Waals surface area contributed by atoms with E-state index in [-0.39, 0.29) is 17.3 Å². The summed E-state index contributed by atoms with van der Waals surface area (Å²) in [5.74, 6) is 0.0180. The van der Waals surface area contributed by atoms with Gasteiger partial charge in [-0.1, -0.05) is 74.7 Å². The number of rotatable bonds is 9. The van der Waals surface area contributed by atoms with E-state index in [1.807, 2.05) is 0 Å². The van der Waals surface area contributed by atoms with Crippen molar-refractivity contribution in [3.05, 3.63) is 27.8 Å². The van der Waals surface area contributed by atoms with Crippen LogP contribution >= 0.6 is 0 Å². The lowest BCUT2D eigenvalue weighted by Crippen LogP contribution is -2.24. The van der Waals surface area contributed by atoms with E-state index in [4.69, 9.17) is 0 Å². The molecule has 166 valence electrons. The number of phenols is 1. The average molecular weight is 405 g/mol. The fourth-order valence-electron chi connectivity index (χ4n) is 4.85. The average Bonchev–Trinajstić information content (AvgIpc) is 2.54. The summed E-state index contributed by atoms with van der Waals surface area (Å²) in [4.78, 5) is 11.4. The van der Waals surface area contributed by atoms with Crippen LogP contribution in [0.15, 0.2) is 0 Å². The van der Waals surface area contributed by atoms with E-state index in [2.05, 4.69) is 62.3 Å². The Balaban J connectivity index is 3.99. The van der Waals surface area contributed by atoms with Crippen molar-refractivity contribution in [3.8, 4) is 5.75 Å². The van der Waals surface area contributed by atoms with E-state index in [0.29, 0.717) is 18.1 Å². The molecule has 29 heavy (non-hydrogen) atoms. The van der Waals surface area contributed by atoms with Crippen LogP contribution in [0.1, 0.15) is 128 Å². The van der Waals surface area contributed by atoms with Gasteiger partial charge in [0.15, 0.2) is 0 Å². The lowest BCUT2D eigenvalue weighted by molar-refractivity contribution is -0.136. The van der Waals surface area contributed by atoms with Crippen molar-refractivity contribution in [2.75, 3.05) is 0 Å². The number of carboxylic acid groups (broad SMARTS) is 1. The maximum atomic E-state index is 11.5. The highest BCUT2D eigenvalue weighted by atomic mass is 16.4. The maximum absolute atomic E-state index is 11.5. The molecule has 0 bridgehead atoms. The van der Waals surface area contributed by atoms with E-state index < -0.39 is 5.97 Å². The first kappa shape index (κ1) is 25.5. The van der Waals surface area contributed by atoms with Gasteiger partial charge in [0.1, 0.15) is 5.75 Å². The smallest absolute Gasteiger partial charge is 0.303 e. The molecular formula is C26H44O3. The Morgan fingerprint density at radius 2 is 1.48 bits per heavy atom. The van der Waals surface area contributed by atoms with Crippen molar-refractivity contribution >= 4 is 5.97 Å². The molecule has 1 atom stereocenters. The van der Waals surface area contributed by atoms with Gasteiger partial charge in [0.05, 0.1) is 0 Å². The highest BCUT2D eigenvalue weighted by Gasteiger charge is 2.34. The predicted molar refractivity (Wildman–Crippen MR) is 123 cm³/mol. The van der Waals surface area contributed by atoms with Crippen molar-refractivity contribution in [2.45, 2.75) is 124 Å². The lowest BCUT2D eigenvalue weighted by atomic mass is 9.69. The molecule has 1 aromatic carbocycles. The summed E-state index contributed by atoms with van der Waals surface area (Å²) in [6, 6.07) is 0. The van der Waals surface area contributed by atoms with Crippen molar-refractivity contribution in [2.24, 2.45) is 0 Å². The Hall–Kier alpha value is -1.51. The summed E-state index contributed by atoms with van der Waals surface area (Å²) < 4.78 is 0. The molecule has 0 heterocycles. The third-order valence-corrected chi connectivity index (χ3v) is 5.94. The summed E-state index contributed by atoms with van der Waals surface area (Å²) in [7, 11) is 0. The molecule has 0 saturated carbocycles. The topological polar surface area (TPSA) is 57.5 Å². The van der Waals surface area contributed by atoms with Crippen LogP contribution in [0.4, 0.5) is 0 Å². The Morgan fingerprint density at radius 1 is 0.931 bits per heavy atom. The molecule has 0 radical (unpaired) electrons. The quantitative estimate of drug-likeness (QED) is 0.451. The molecule has 0 fully saturated rings. The molecule has 0 saturated heterocycles. The fourth-order valence-corrected chi connectivity index (χ4v) is 4.85. The Bertz CT molecular complexity index is 702. The highest BCUT2D eigenvalue weighted by Crippen LogP contribution is 2.49. The van der Waals surface area contributed by atoms with Crippen LogP contribution in [-0.2, 0) is 22.0 Å². The summed E-state index contributed by atoms with van der Waals surface area (Å²) >= 11 is 0. The van der Waals surface area contributed by atoms with Gasteiger partial charge in [0.25, 0.3) is 0 Å². The standard InChI is InChI=1S/C26H44O3/c1-10-12-14-18(13-11-2)21-19(15-16-20(27)28)17(3)22(25(4,5)6)24(29)23(21)26(7,8)9/h18,29H,10-16H2,1-9H3,(H,27,28). The van der Waals surface area contributed by atoms with Gasteiger partial charge in [-0.2, -0.15) is 0 Å². The molecule has 1 unspecified atom stereocenters. The summed E-state index contributed by atoms with van der Waals surface area (Å²) in [5.41, 5.74) is 5.04. The normalized spacial score (nSPS) is 13.6. The van der Waals surface area contributed by atoms with Crippen LogP contribution in [0, 0.1) is 6.92 Å². The fraction of sp³-hybridized carbons (Fsp3) is 0.731. The number of phenolic OH excluding ortho intramolecular Hbond substituents is 1. The number of aromatic hydroxyl groups is 1. The minimum absolute atomic E-state index is 0.123. The van der Waals surface area contributed by atoms with Gasteiger partial charge in [-0.25, -0.2) is 0 Å². The molecule has 1 aromatic rings. The number of hydrogen-bond acceptors (Lipinski definition) is 2. The number of unbranched alkanes of at least 4 members (excludes halogenated alkanes) is 1. The molecule has 1 rings (SSSR count). The zero-order chi connectivity index (χ0) is 22.6. The van der Waals surface area contributed by atoms with E-state index >= 15 is 0 Å². The third kappa shape index (κ3) is 6.23. The Labute approximate surface area is 178 Å². The molecule has 2 N–H and O–H groups in total. The second-order valence-electron chi connectivity index (χ2n) is 10.6. The number of carbonyl (C=O) groups is 1.